The van der Waals surface area contributed by atoms with Crippen molar-refractivity contribution < 1.29 is 9.59 Å². The third-order valence-electron chi connectivity index (χ3n) is 5.66. The van der Waals surface area contributed by atoms with Crippen LogP contribution in [-0.2, 0) is 0 Å². The van der Waals surface area contributed by atoms with Gasteiger partial charge in [-0.15, -0.1) is 0 Å². The van der Waals surface area contributed by atoms with E-state index in [0.29, 0.717) is 22.4 Å². The predicted octanol–water partition coefficient (Wildman–Crippen LogP) is 6.08. The van der Waals surface area contributed by atoms with E-state index < -0.39 is 0 Å². The van der Waals surface area contributed by atoms with Gasteiger partial charge in [-0.2, -0.15) is 0 Å². The maximum absolute atomic E-state index is 13.4. The van der Waals surface area contributed by atoms with Crippen LogP contribution in [0.5, 0.6) is 0 Å². The lowest BCUT2D eigenvalue weighted by molar-refractivity contribution is 0.0929. The zero-order valence-electron chi connectivity index (χ0n) is 16.9. The van der Waals surface area contributed by atoms with Crippen LogP contribution >= 0.6 is 31.9 Å². The van der Waals surface area contributed by atoms with Crippen molar-refractivity contribution >= 4 is 49.4 Å². The number of rotatable bonds is 5. The lowest BCUT2D eigenvalue weighted by atomic mass is 9.94. The first-order chi connectivity index (χ1) is 14.9. The molecule has 160 valence electrons. The number of nitrogen functional groups attached to an aromatic ring is 1. The molecule has 1 amide bonds. The number of hydrogen-bond donors (Lipinski definition) is 3. The number of carbonyl (C=O) groups excluding carboxylic acids is 2. The van der Waals surface area contributed by atoms with Crippen LogP contribution in [-0.4, -0.2) is 22.7 Å². The van der Waals surface area contributed by atoms with E-state index in [2.05, 4.69) is 42.2 Å². The molecular formula is C24H23Br2N3O2. The topological polar surface area (TPSA) is 88.0 Å². The van der Waals surface area contributed by atoms with Crippen molar-refractivity contribution in [3.8, 4) is 11.1 Å². The smallest absolute Gasteiger partial charge is 0.255 e. The highest BCUT2D eigenvalue weighted by Gasteiger charge is 2.28. The fraction of sp³-hybridized carbons (Fsp3) is 0.250. The lowest BCUT2D eigenvalue weighted by Gasteiger charge is -2.23. The molecule has 7 heteroatoms. The van der Waals surface area contributed by atoms with Crippen LogP contribution in [0.25, 0.3) is 11.1 Å². The van der Waals surface area contributed by atoms with Crippen LogP contribution < -0.4 is 11.1 Å². The molecule has 0 aliphatic heterocycles. The monoisotopic (exact) mass is 543 g/mol. The Balaban J connectivity index is 1.78. The molecule has 3 aromatic rings. The number of halogens is 2. The number of nitrogens with one attached hydrogen (secondary N) is 2. The summed E-state index contributed by atoms with van der Waals surface area (Å²) in [4.78, 5) is 29.6. The Morgan fingerprint density at radius 2 is 1.48 bits per heavy atom. The second kappa shape index (κ2) is 9.40. The van der Waals surface area contributed by atoms with Gasteiger partial charge in [-0.05, 0) is 54.8 Å². The fourth-order valence-electron chi connectivity index (χ4n) is 4.08. The summed E-state index contributed by atoms with van der Waals surface area (Å²) in [5.74, 6) is -0.256. The summed E-state index contributed by atoms with van der Waals surface area (Å²) in [7, 11) is 0. The Labute approximate surface area is 198 Å². The molecule has 1 aromatic heterocycles. The van der Waals surface area contributed by atoms with Gasteiger partial charge in [-0.1, -0.05) is 63.3 Å². The molecule has 4 N–H and O–H groups in total. The zero-order chi connectivity index (χ0) is 22.0. The third kappa shape index (κ3) is 4.77. The zero-order valence-corrected chi connectivity index (χ0v) is 20.1. The molecule has 0 unspecified atom stereocenters. The number of hydrogen-bond acceptors (Lipinski definition) is 3. The quantitative estimate of drug-likeness (QED) is 0.340. The maximum atomic E-state index is 13.4. The molecule has 2 aromatic carbocycles. The first-order valence-electron chi connectivity index (χ1n) is 10.3. The van der Waals surface area contributed by atoms with E-state index in [0.717, 1.165) is 40.2 Å². The second-order valence-corrected chi connectivity index (χ2v) is 9.65. The lowest BCUT2D eigenvalue weighted by Crippen LogP contribution is -2.36. The summed E-state index contributed by atoms with van der Waals surface area (Å²) in [6.07, 6.45) is 5.36. The van der Waals surface area contributed by atoms with Gasteiger partial charge in [0, 0.05) is 26.1 Å². The van der Waals surface area contributed by atoms with Gasteiger partial charge in [0.15, 0.2) is 0 Å². The van der Waals surface area contributed by atoms with Crippen molar-refractivity contribution in [2.45, 2.75) is 38.1 Å². The summed E-state index contributed by atoms with van der Waals surface area (Å²) in [6.45, 7) is 0. The van der Waals surface area contributed by atoms with Crippen LogP contribution in [0.1, 0.15) is 58.5 Å². The van der Waals surface area contributed by atoms with E-state index in [9.17, 15) is 9.59 Å². The number of aromatic amines is 1. The molecule has 4 rings (SSSR count). The van der Waals surface area contributed by atoms with Crippen LogP contribution in [0.2, 0.25) is 0 Å². The number of carbonyl (C=O) groups is 2. The summed E-state index contributed by atoms with van der Waals surface area (Å²) < 4.78 is 1.80. The Hall–Kier alpha value is -2.38. The molecule has 0 spiro atoms. The average Bonchev–Trinajstić information content (AvgIpc) is 3.12. The Morgan fingerprint density at radius 1 is 0.903 bits per heavy atom. The van der Waals surface area contributed by atoms with Gasteiger partial charge >= 0.3 is 0 Å². The largest absolute Gasteiger partial charge is 0.385 e. The first-order valence-corrected chi connectivity index (χ1v) is 11.9. The van der Waals surface area contributed by atoms with E-state index in [-0.39, 0.29) is 23.6 Å². The van der Waals surface area contributed by atoms with E-state index >= 15 is 0 Å². The molecule has 0 atom stereocenters. The molecule has 1 saturated carbocycles. The van der Waals surface area contributed by atoms with Gasteiger partial charge in [-0.3, -0.25) is 9.59 Å². The molecule has 1 heterocycles. The van der Waals surface area contributed by atoms with Gasteiger partial charge in [0.2, 0.25) is 5.78 Å². The van der Waals surface area contributed by atoms with Gasteiger partial charge in [0.1, 0.15) is 5.82 Å². The molecule has 0 bridgehead atoms. The molecule has 1 aliphatic carbocycles. The highest BCUT2D eigenvalue weighted by Crippen LogP contribution is 2.34. The summed E-state index contributed by atoms with van der Waals surface area (Å²) in [5, 5.41) is 3.13. The van der Waals surface area contributed by atoms with Crippen molar-refractivity contribution in [3.05, 3.63) is 74.3 Å². The summed E-state index contributed by atoms with van der Waals surface area (Å²) in [6, 6.07) is 14.8. The number of ketones is 1. The molecule has 1 aliphatic rings. The van der Waals surface area contributed by atoms with Gasteiger partial charge in [-0.25, -0.2) is 0 Å². The maximum Gasteiger partial charge on any atom is 0.255 e. The minimum atomic E-state index is -0.242. The minimum absolute atomic E-state index is 0.138. The van der Waals surface area contributed by atoms with E-state index in [4.69, 9.17) is 5.73 Å². The number of H-pyrrole nitrogens is 1. The highest BCUT2D eigenvalue weighted by molar-refractivity contribution is 9.10. The number of benzene rings is 2. The number of nitrogens with two attached hydrogens (primary N) is 1. The Kier molecular flexibility index (Phi) is 6.62. The number of aromatic nitrogens is 1. The van der Waals surface area contributed by atoms with Crippen LogP contribution in [0.3, 0.4) is 0 Å². The Bertz CT molecular complexity index is 1100. The van der Waals surface area contributed by atoms with E-state index in [1.165, 1.54) is 6.42 Å². The van der Waals surface area contributed by atoms with Crippen molar-refractivity contribution in [3.63, 3.8) is 0 Å². The molecule has 5 nitrogen and oxygen atoms in total. The number of anilines is 1. The van der Waals surface area contributed by atoms with Gasteiger partial charge in [0.05, 0.1) is 11.3 Å². The van der Waals surface area contributed by atoms with Crippen molar-refractivity contribution in [1.29, 1.82) is 0 Å². The van der Waals surface area contributed by atoms with Crippen molar-refractivity contribution in [2.24, 2.45) is 0 Å². The molecule has 1 fully saturated rings. The SMILES string of the molecule is Nc1[nH]c(C(=O)c2ccc(Br)cc2)c(-c2ccc(Br)cc2)c1C(=O)NC1CCCCC1. The van der Waals surface area contributed by atoms with E-state index in [1.54, 1.807) is 12.1 Å². The number of amides is 1. The molecule has 0 radical (unpaired) electrons. The molecular weight excluding hydrogens is 522 g/mol. The van der Waals surface area contributed by atoms with Crippen LogP contribution in [0.15, 0.2) is 57.5 Å². The van der Waals surface area contributed by atoms with Crippen molar-refractivity contribution in [2.75, 3.05) is 5.73 Å². The average molecular weight is 545 g/mol. The highest BCUT2D eigenvalue weighted by atomic mass is 79.9. The fourth-order valence-corrected chi connectivity index (χ4v) is 4.61. The first kappa shape index (κ1) is 21.8. The predicted molar refractivity (Wildman–Crippen MR) is 130 cm³/mol. The third-order valence-corrected chi connectivity index (χ3v) is 6.72. The standard InChI is InChI=1S/C24H23Br2N3O2/c25-16-10-6-14(7-11-16)19-20(24(31)28-18-4-2-1-3-5-18)23(27)29-21(19)22(30)15-8-12-17(26)13-9-15/h6-13,18,29H,1-5,27H2,(H,28,31). The van der Waals surface area contributed by atoms with Gasteiger partial charge in [0.25, 0.3) is 5.91 Å². The summed E-state index contributed by atoms with van der Waals surface area (Å²) in [5.41, 5.74) is 8.72. The van der Waals surface area contributed by atoms with Crippen molar-refractivity contribution in [1.82, 2.24) is 10.3 Å². The Morgan fingerprint density at radius 3 is 2.10 bits per heavy atom. The van der Waals surface area contributed by atoms with E-state index in [1.807, 2.05) is 36.4 Å². The normalized spacial score (nSPS) is 14.4. The van der Waals surface area contributed by atoms with Crippen LogP contribution in [0, 0.1) is 0 Å². The minimum Gasteiger partial charge on any atom is -0.385 e. The summed E-state index contributed by atoms with van der Waals surface area (Å²) >= 11 is 6.84. The second-order valence-electron chi connectivity index (χ2n) is 7.81. The molecule has 31 heavy (non-hydrogen) atoms. The molecule has 0 saturated heterocycles. The van der Waals surface area contributed by atoms with Gasteiger partial charge < -0.3 is 16.0 Å². The van der Waals surface area contributed by atoms with Crippen LogP contribution in [0.4, 0.5) is 5.82 Å².